The molecule has 3 N–H and O–H groups in total. The lowest BCUT2D eigenvalue weighted by atomic mass is 10.2. The molecule has 1 aliphatic heterocycles. The highest BCUT2D eigenvalue weighted by molar-refractivity contribution is 5.88. The lowest BCUT2D eigenvalue weighted by Crippen LogP contribution is -2.35. The molecule has 1 atom stereocenters. The summed E-state index contributed by atoms with van der Waals surface area (Å²) < 4.78 is 10.8. The second kappa shape index (κ2) is 12.8. The summed E-state index contributed by atoms with van der Waals surface area (Å²) in [5, 5.41) is 9.01. The summed E-state index contributed by atoms with van der Waals surface area (Å²) in [5.41, 5.74) is 2.96. The summed E-state index contributed by atoms with van der Waals surface area (Å²) in [7, 11) is 1.54. The summed E-state index contributed by atoms with van der Waals surface area (Å²) in [4.78, 5) is 35.5. The van der Waals surface area contributed by atoms with E-state index >= 15 is 0 Å². The van der Waals surface area contributed by atoms with Crippen molar-refractivity contribution < 1.29 is 19.1 Å². The van der Waals surface area contributed by atoms with Crippen molar-refractivity contribution in [2.45, 2.75) is 45.8 Å². The highest BCUT2D eigenvalue weighted by Crippen LogP contribution is 2.30. The molecule has 10 nitrogen and oxygen atoms in total. The minimum Gasteiger partial charge on any atom is -0.495 e. The Morgan fingerprint density at radius 2 is 1.92 bits per heavy atom. The number of carbonyl (C=O) groups is 2. The first-order valence-corrected chi connectivity index (χ1v) is 12.8. The third-order valence-corrected chi connectivity index (χ3v) is 6.10. The second-order valence-electron chi connectivity index (χ2n) is 9.15. The Bertz CT molecular complexity index is 1250. The lowest BCUT2D eigenvalue weighted by molar-refractivity contribution is -0.119. The van der Waals surface area contributed by atoms with Crippen molar-refractivity contribution in [3.05, 3.63) is 65.9 Å². The number of hydrogen-bond donors (Lipinski definition) is 3. The van der Waals surface area contributed by atoms with Gasteiger partial charge in [-0.1, -0.05) is 43.7 Å². The van der Waals surface area contributed by atoms with Crippen molar-refractivity contribution in [1.29, 1.82) is 0 Å². The van der Waals surface area contributed by atoms with Gasteiger partial charge in [0.25, 0.3) is 0 Å². The average molecular weight is 519 g/mol. The van der Waals surface area contributed by atoms with E-state index in [9.17, 15) is 9.59 Å². The van der Waals surface area contributed by atoms with Gasteiger partial charge in [0.1, 0.15) is 18.2 Å². The highest BCUT2D eigenvalue weighted by atomic mass is 16.5. The molecule has 1 aliphatic rings. The Kier molecular flexibility index (Phi) is 8.97. The molecule has 0 spiro atoms. The molecule has 0 saturated carbocycles. The van der Waals surface area contributed by atoms with Gasteiger partial charge >= 0.3 is 6.09 Å². The summed E-state index contributed by atoms with van der Waals surface area (Å²) in [6, 6.07) is 16.9. The van der Waals surface area contributed by atoms with E-state index in [-0.39, 0.29) is 18.6 Å². The fraction of sp³-hybridized carbons (Fsp3) is 0.357. The summed E-state index contributed by atoms with van der Waals surface area (Å²) in [5.74, 6) is 1.74. The van der Waals surface area contributed by atoms with Crippen molar-refractivity contribution >= 4 is 35.1 Å². The Labute approximate surface area is 222 Å². The minimum absolute atomic E-state index is 0.0265. The van der Waals surface area contributed by atoms with Gasteiger partial charge in [0.15, 0.2) is 0 Å². The number of aryl methyl sites for hydroxylation is 1. The molecule has 2 aromatic carbocycles. The molecular formula is C28H34N6O4. The third-order valence-electron chi connectivity index (χ3n) is 6.10. The van der Waals surface area contributed by atoms with Crippen LogP contribution in [-0.4, -0.2) is 48.2 Å². The fourth-order valence-corrected chi connectivity index (χ4v) is 4.34. The van der Waals surface area contributed by atoms with Crippen LogP contribution in [0.4, 0.5) is 27.9 Å². The number of carbonyl (C=O) groups excluding carboxylic acids is 2. The molecule has 38 heavy (non-hydrogen) atoms. The van der Waals surface area contributed by atoms with E-state index < -0.39 is 6.09 Å². The molecule has 0 radical (unpaired) electrons. The van der Waals surface area contributed by atoms with Gasteiger partial charge in [0, 0.05) is 43.5 Å². The number of benzene rings is 2. The predicted octanol–water partition coefficient (Wildman–Crippen LogP) is 4.64. The monoisotopic (exact) mass is 518 g/mol. The van der Waals surface area contributed by atoms with Crippen molar-refractivity contribution in [3.63, 3.8) is 0 Å². The van der Waals surface area contributed by atoms with Crippen LogP contribution in [0.25, 0.3) is 0 Å². The first kappa shape index (κ1) is 26.7. The zero-order chi connectivity index (χ0) is 26.9. The second-order valence-corrected chi connectivity index (χ2v) is 9.15. The van der Waals surface area contributed by atoms with Crippen molar-refractivity contribution in [1.82, 2.24) is 15.3 Å². The zero-order valence-corrected chi connectivity index (χ0v) is 22.0. The molecule has 200 valence electrons. The van der Waals surface area contributed by atoms with Crippen LogP contribution < -0.4 is 25.6 Å². The number of methoxy groups -OCH3 is 1. The molecule has 1 saturated heterocycles. The zero-order valence-electron chi connectivity index (χ0n) is 22.0. The standard InChI is InChI=1S/C28H34N6O4/c1-4-8-21-16-26(34-14-13-23(17-34)29-19(2)35)33-27(30-21)31-22-11-12-25(37-3)24(15-22)32-28(36)38-18-20-9-6-5-7-10-20/h5-7,9-12,15-16,23H,4,8,13-14,17-18H2,1-3H3,(H,29,35)(H,32,36)(H,30,31,33)/t23-/m0/s1. The summed E-state index contributed by atoms with van der Waals surface area (Å²) >= 11 is 0. The molecule has 3 aromatic rings. The Morgan fingerprint density at radius 1 is 1.11 bits per heavy atom. The number of nitrogens with one attached hydrogen (secondary N) is 3. The first-order chi connectivity index (χ1) is 18.4. The average Bonchev–Trinajstić information content (AvgIpc) is 3.36. The van der Waals surface area contributed by atoms with E-state index in [4.69, 9.17) is 19.4 Å². The van der Waals surface area contributed by atoms with Crippen LogP contribution in [0.3, 0.4) is 0 Å². The van der Waals surface area contributed by atoms with Crippen LogP contribution in [-0.2, 0) is 22.6 Å². The summed E-state index contributed by atoms with van der Waals surface area (Å²) in [6.45, 7) is 5.30. The van der Waals surface area contributed by atoms with Crippen LogP contribution in [0.5, 0.6) is 5.75 Å². The molecule has 2 amide bonds. The largest absolute Gasteiger partial charge is 0.495 e. The minimum atomic E-state index is -0.587. The maximum atomic E-state index is 12.5. The lowest BCUT2D eigenvalue weighted by Gasteiger charge is -2.20. The van der Waals surface area contributed by atoms with Crippen molar-refractivity contribution in [2.24, 2.45) is 0 Å². The van der Waals surface area contributed by atoms with Crippen molar-refractivity contribution in [2.75, 3.05) is 35.7 Å². The number of anilines is 4. The van der Waals surface area contributed by atoms with Gasteiger partial charge in [-0.3, -0.25) is 10.1 Å². The van der Waals surface area contributed by atoms with E-state index in [2.05, 4.69) is 27.8 Å². The number of ether oxygens (including phenoxy) is 2. The number of amides is 2. The molecule has 10 heteroatoms. The topological polar surface area (TPSA) is 118 Å². The SMILES string of the molecule is CCCc1cc(N2CC[C@H](NC(C)=O)C2)nc(Nc2ccc(OC)c(NC(=O)OCc3ccccc3)c2)n1. The van der Waals surface area contributed by atoms with Gasteiger partial charge in [-0.15, -0.1) is 0 Å². The first-order valence-electron chi connectivity index (χ1n) is 12.8. The molecular weight excluding hydrogens is 484 g/mol. The number of nitrogens with zero attached hydrogens (tertiary/aromatic N) is 3. The molecule has 0 bridgehead atoms. The van der Waals surface area contributed by atoms with E-state index in [0.29, 0.717) is 29.6 Å². The Balaban J connectivity index is 1.48. The molecule has 1 fully saturated rings. The number of hydrogen-bond acceptors (Lipinski definition) is 8. The maximum absolute atomic E-state index is 12.5. The fourth-order valence-electron chi connectivity index (χ4n) is 4.34. The van der Waals surface area contributed by atoms with Gasteiger partial charge in [-0.05, 0) is 36.6 Å². The van der Waals surface area contributed by atoms with Crippen LogP contribution >= 0.6 is 0 Å². The Hall–Kier alpha value is -4.34. The molecule has 2 heterocycles. The molecule has 0 unspecified atom stereocenters. The van der Waals surface area contributed by atoms with Crippen LogP contribution in [0, 0.1) is 0 Å². The normalized spacial score (nSPS) is 14.6. The van der Waals surface area contributed by atoms with Crippen LogP contribution in [0.15, 0.2) is 54.6 Å². The van der Waals surface area contributed by atoms with Crippen LogP contribution in [0.1, 0.15) is 37.9 Å². The maximum Gasteiger partial charge on any atom is 0.412 e. The predicted molar refractivity (Wildman–Crippen MR) is 147 cm³/mol. The van der Waals surface area contributed by atoms with E-state index in [1.165, 1.54) is 14.0 Å². The smallest absolute Gasteiger partial charge is 0.412 e. The van der Waals surface area contributed by atoms with E-state index in [1.54, 1.807) is 12.1 Å². The van der Waals surface area contributed by atoms with Crippen LogP contribution in [0.2, 0.25) is 0 Å². The van der Waals surface area contributed by atoms with Gasteiger partial charge in [0.2, 0.25) is 11.9 Å². The molecule has 4 rings (SSSR count). The Morgan fingerprint density at radius 3 is 2.66 bits per heavy atom. The van der Waals surface area contributed by atoms with Gasteiger partial charge < -0.3 is 25.0 Å². The van der Waals surface area contributed by atoms with Crippen molar-refractivity contribution in [3.8, 4) is 5.75 Å². The highest BCUT2D eigenvalue weighted by Gasteiger charge is 2.25. The quantitative estimate of drug-likeness (QED) is 0.355. The molecule has 1 aromatic heterocycles. The van der Waals surface area contributed by atoms with Gasteiger partial charge in [0.05, 0.1) is 12.8 Å². The van der Waals surface area contributed by atoms with Gasteiger partial charge in [-0.2, -0.15) is 4.98 Å². The third kappa shape index (κ3) is 7.34. The van der Waals surface area contributed by atoms with E-state index in [1.807, 2.05) is 42.5 Å². The van der Waals surface area contributed by atoms with E-state index in [0.717, 1.165) is 42.9 Å². The van der Waals surface area contributed by atoms with Gasteiger partial charge in [-0.25, -0.2) is 9.78 Å². The number of aromatic nitrogens is 2. The molecule has 0 aliphatic carbocycles. The number of rotatable bonds is 10. The summed E-state index contributed by atoms with van der Waals surface area (Å²) in [6.07, 6.45) is 2.04.